The average molecular weight is 282 g/mol. The van der Waals surface area contributed by atoms with Gasteiger partial charge in [0.05, 0.1) is 11.6 Å². The summed E-state index contributed by atoms with van der Waals surface area (Å²) in [5.41, 5.74) is 7.79. The molecule has 7 heteroatoms. The molecule has 7 nitrogen and oxygen atoms in total. The van der Waals surface area contributed by atoms with Crippen molar-refractivity contribution in [3.63, 3.8) is 0 Å². The topological polar surface area (TPSA) is 110 Å². The monoisotopic (exact) mass is 282 g/mol. The Balaban J connectivity index is 1.76. The number of hydrogen-bond acceptors (Lipinski definition) is 5. The minimum atomic E-state index is -0.291. The smallest absolute Gasteiger partial charge is 0.217 e. The van der Waals surface area contributed by atoms with Gasteiger partial charge >= 0.3 is 0 Å². The minimum Gasteiger partial charge on any atom is -0.370 e. The second-order valence-corrected chi connectivity index (χ2v) is 4.64. The molecule has 0 saturated heterocycles. The van der Waals surface area contributed by atoms with Crippen LogP contribution in [-0.2, 0) is 11.2 Å². The molecule has 0 aliphatic heterocycles. The van der Waals surface area contributed by atoms with E-state index >= 15 is 0 Å². The first-order valence-electron chi connectivity index (χ1n) is 6.51. The Bertz CT molecular complexity index is 764. The molecule has 3 rings (SSSR count). The molecular weight excluding hydrogens is 268 g/mol. The number of benzene rings is 1. The number of anilines is 2. The number of nitrogens with two attached hydrogens (primary N) is 1. The number of hydrogen-bond donors (Lipinski definition) is 3. The second kappa shape index (κ2) is 5.58. The molecule has 0 saturated carbocycles. The first-order chi connectivity index (χ1) is 10.2. The van der Waals surface area contributed by atoms with Crippen molar-refractivity contribution in [2.75, 3.05) is 5.32 Å². The van der Waals surface area contributed by atoms with E-state index in [2.05, 4.69) is 25.5 Å². The van der Waals surface area contributed by atoms with Crippen LogP contribution < -0.4 is 11.1 Å². The number of rotatable bonds is 5. The van der Waals surface area contributed by atoms with E-state index in [1.165, 1.54) is 6.33 Å². The van der Waals surface area contributed by atoms with E-state index in [4.69, 9.17) is 5.73 Å². The Hall–Kier alpha value is -2.96. The van der Waals surface area contributed by atoms with Gasteiger partial charge in [-0.3, -0.25) is 9.89 Å². The van der Waals surface area contributed by atoms with Gasteiger partial charge in [0.15, 0.2) is 5.65 Å². The van der Waals surface area contributed by atoms with Crippen LogP contribution in [0.3, 0.4) is 0 Å². The fourth-order valence-electron chi connectivity index (χ4n) is 2.02. The van der Waals surface area contributed by atoms with E-state index in [1.54, 1.807) is 6.20 Å². The Morgan fingerprint density at radius 3 is 2.81 bits per heavy atom. The molecule has 0 atom stereocenters. The molecule has 0 bridgehead atoms. The highest BCUT2D eigenvalue weighted by Crippen LogP contribution is 2.21. The van der Waals surface area contributed by atoms with Crippen molar-refractivity contribution in [1.82, 2.24) is 20.2 Å². The molecule has 2 heterocycles. The number of aromatic nitrogens is 4. The summed E-state index contributed by atoms with van der Waals surface area (Å²) in [6.07, 6.45) is 4.16. The number of carbonyl (C=O) groups excluding carboxylic acids is 1. The molecule has 0 unspecified atom stereocenters. The highest BCUT2D eigenvalue weighted by molar-refractivity contribution is 5.87. The zero-order valence-electron chi connectivity index (χ0n) is 11.2. The Morgan fingerprint density at radius 1 is 1.24 bits per heavy atom. The first kappa shape index (κ1) is 13.0. The lowest BCUT2D eigenvalue weighted by molar-refractivity contribution is -0.117. The minimum absolute atomic E-state index is 0.291. The second-order valence-electron chi connectivity index (χ2n) is 4.64. The van der Waals surface area contributed by atoms with Gasteiger partial charge in [0.25, 0.3) is 0 Å². The number of nitrogens with zero attached hydrogens (tertiary/aromatic N) is 3. The van der Waals surface area contributed by atoms with Gasteiger partial charge in [-0.1, -0.05) is 12.1 Å². The maximum Gasteiger partial charge on any atom is 0.217 e. The Morgan fingerprint density at radius 2 is 2.05 bits per heavy atom. The Labute approximate surface area is 120 Å². The number of aromatic amines is 1. The third kappa shape index (κ3) is 2.97. The van der Waals surface area contributed by atoms with Gasteiger partial charge in [0.2, 0.25) is 5.91 Å². The fourth-order valence-corrected chi connectivity index (χ4v) is 2.02. The maximum atomic E-state index is 10.8. The van der Waals surface area contributed by atoms with Crippen molar-refractivity contribution >= 4 is 28.4 Å². The summed E-state index contributed by atoms with van der Waals surface area (Å²) in [6, 6.07) is 7.78. The van der Waals surface area contributed by atoms with Crippen LogP contribution in [0, 0.1) is 0 Å². The van der Waals surface area contributed by atoms with E-state index in [0.717, 1.165) is 16.6 Å². The highest BCUT2D eigenvalue weighted by Gasteiger charge is 2.05. The van der Waals surface area contributed by atoms with Crippen LogP contribution in [-0.4, -0.2) is 26.1 Å². The van der Waals surface area contributed by atoms with Crippen LogP contribution in [0.25, 0.3) is 11.0 Å². The normalized spacial score (nSPS) is 10.7. The molecule has 0 fully saturated rings. The van der Waals surface area contributed by atoms with E-state index in [0.29, 0.717) is 24.3 Å². The number of amides is 1. The molecule has 106 valence electrons. The van der Waals surface area contributed by atoms with Crippen molar-refractivity contribution in [2.24, 2.45) is 5.73 Å². The highest BCUT2D eigenvalue weighted by atomic mass is 16.1. The number of primary amides is 1. The number of H-pyrrole nitrogens is 1. The van der Waals surface area contributed by atoms with Gasteiger partial charge in [-0.25, -0.2) is 9.97 Å². The lowest BCUT2D eigenvalue weighted by Gasteiger charge is -2.07. The summed E-state index contributed by atoms with van der Waals surface area (Å²) >= 11 is 0. The van der Waals surface area contributed by atoms with Gasteiger partial charge in [-0.05, 0) is 24.1 Å². The predicted molar refractivity (Wildman–Crippen MR) is 78.9 cm³/mol. The van der Waals surface area contributed by atoms with E-state index in [-0.39, 0.29) is 5.91 Å². The number of fused-ring (bicyclic) bond motifs is 1. The van der Waals surface area contributed by atoms with E-state index in [1.807, 2.05) is 24.3 Å². The quantitative estimate of drug-likeness (QED) is 0.657. The van der Waals surface area contributed by atoms with E-state index < -0.39 is 0 Å². The van der Waals surface area contributed by atoms with Crippen molar-refractivity contribution in [1.29, 1.82) is 0 Å². The lowest BCUT2D eigenvalue weighted by atomic mass is 10.1. The van der Waals surface area contributed by atoms with Crippen LogP contribution in [0.5, 0.6) is 0 Å². The van der Waals surface area contributed by atoms with Gasteiger partial charge < -0.3 is 11.1 Å². The average Bonchev–Trinajstić information content (AvgIpc) is 2.96. The summed E-state index contributed by atoms with van der Waals surface area (Å²) in [4.78, 5) is 19.1. The van der Waals surface area contributed by atoms with Gasteiger partial charge in [-0.15, -0.1) is 0 Å². The molecular formula is C14H14N6O. The van der Waals surface area contributed by atoms with Gasteiger partial charge in [0.1, 0.15) is 12.1 Å². The summed E-state index contributed by atoms with van der Waals surface area (Å²) in [6.45, 7) is 0. The molecule has 0 aliphatic carbocycles. The molecule has 21 heavy (non-hydrogen) atoms. The van der Waals surface area contributed by atoms with Crippen molar-refractivity contribution in [2.45, 2.75) is 12.8 Å². The largest absolute Gasteiger partial charge is 0.370 e. The number of carbonyl (C=O) groups is 1. The molecule has 1 amide bonds. The van der Waals surface area contributed by atoms with Crippen LogP contribution in [0.4, 0.5) is 11.5 Å². The molecule has 0 aliphatic rings. The van der Waals surface area contributed by atoms with Crippen LogP contribution in [0.1, 0.15) is 12.0 Å². The summed E-state index contributed by atoms with van der Waals surface area (Å²) < 4.78 is 0. The van der Waals surface area contributed by atoms with Crippen LogP contribution in [0.15, 0.2) is 36.8 Å². The van der Waals surface area contributed by atoms with Crippen molar-refractivity contribution in [3.8, 4) is 0 Å². The summed E-state index contributed by atoms with van der Waals surface area (Å²) in [5, 5.41) is 10.8. The van der Waals surface area contributed by atoms with Crippen molar-refractivity contribution < 1.29 is 4.79 Å². The maximum absolute atomic E-state index is 10.8. The Kier molecular flexibility index (Phi) is 3.46. The zero-order chi connectivity index (χ0) is 14.7. The molecule has 1 aromatic carbocycles. The summed E-state index contributed by atoms with van der Waals surface area (Å²) in [5.74, 6) is 0.402. The lowest BCUT2D eigenvalue weighted by Crippen LogP contribution is -2.11. The molecule has 3 aromatic rings. The molecule has 4 N–H and O–H groups in total. The predicted octanol–water partition coefficient (Wildman–Crippen LogP) is 1.51. The third-order valence-electron chi connectivity index (χ3n) is 3.12. The zero-order valence-corrected chi connectivity index (χ0v) is 11.2. The molecule has 2 aromatic heterocycles. The SMILES string of the molecule is NC(=O)CCc1ccc(Nc2ncnc3[nH]ncc23)cc1. The molecule has 0 spiro atoms. The van der Waals surface area contributed by atoms with Crippen LogP contribution >= 0.6 is 0 Å². The van der Waals surface area contributed by atoms with Crippen molar-refractivity contribution in [3.05, 3.63) is 42.4 Å². The van der Waals surface area contributed by atoms with Gasteiger partial charge in [-0.2, -0.15) is 5.10 Å². The fraction of sp³-hybridized carbons (Fsp3) is 0.143. The summed E-state index contributed by atoms with van der Waals surface area (Å²) in [7, 11) is 0. The third-order valence-corrected chi connectivity index (χ3v) is 3.12. The van der Waals surface area contributed by atoms with Gasteiger partial charge in [0, 0.05) is 12.1 Å². The van der Waals surface area contributed by atoms with Crippen LogP contribution in [0.2, 0.25) is 0 Å². The number of aryl methyl sites for hydroxylation is 1. The number of nitrogens with one attached hydrogen (secondary N) is 2. The standard InChI is InChI=1S/C14H14N6O/c15-12(21)6-3-9-1-4-10(5-2-9)19-13-11-7-18-20-14(11)17-8-16-13/h1-2,4-5,7-8H,3,6H2,(H2,15,21)(H2,16,17,18,19,20). The first-order valence-corrected chi connectivity index (χ1v) is 6.51. The molecule has 0 radical (unpaired) electrons. The van der Waals surface area contributed by atoms with E-state index in [9.17, 15) is 4.79 Å².